The molecule has 24 heavy (non-hydrogen) atoms. The SMILES string of the molecule is CCOC(=O)c1cnc2c(c(C)nn2C)c1N1CCC(C(N)=O)C1. The van der Waals surface area contributed by atoms with Crippen molar-refractivity contribution in [2.75, 3.05) is 24.6 Å². The Morgan fingerprint density at radius 3 is 2.83 bits per heavy atom. The average molecular weight is 331 g/mol. The van der Waals surface area contributed by atoms with Gasteiger partial charge in [-0.1, -0.05) is 0 Å². The number of ether oxygens (including phenoxy) is 1. The highest BCUT2D eigenvalue weighted by Gasteiger charge is 2.32. The molecule has 2 aromatic heterocycles. The summed E-state index contributed by atoms with van der Waals surface area (Å²) in [6.45, 7) is 5.05. The summed E-state index contributed by atoms with van der Waals surface area (Å²) in [5, 5.41) is 5.22. The van der Waals surface area contributed by atoms with Crippen molar-refractivity contribution in [2.24, 2.45) is 18.7 Å². The van der Waals surface area contributed by atoms with E-state index in [9.17, 15) is 9.59 Å². The number of rotatable bonds is 4. The minimum atomic E-state index is -0.423. The van der Waals surface area contributed by atoms with E-state index in [1.807, 2.05) is 18.9 Å². The second-order valence-electron chi connectivity index (χ2n) is 5.98. The Morgan fingerprint density at radius 1 is 1.46 bits per heavy atom. The summed E-state index contributed by atoms with van der Waals surface area (Å²) < 4.78 is 6.86. The average Bonchev–Trinajstić information content (AvgIpc) is 3.13. The number of esters is 1. The van der Waals surface area contributed by atoms with Gasteiger partial charge in [0.2, 0.25) is 5.91 Å². The molecule has 1 saturated heterocycles. The van der Waals surface area contributed by atoms with Crippen LogP contribution in [-0.4, -0.2) is 46.3 Å². The second kappa shape index (κ2) is 6.10. The van der Waals surface area contributed by atoms with E-state index in [0.29, 0.717) is 30.7 Å². The van der Waals surface area contributed by atoms with Crippen molar-refractivity contribution in [3.8, 4) is 0 Å². The number of fused-ring (bicyclic) bond motifs is 1. The number of aromatic nitrogens is 3. The molecule has 0 spiro atoms. The molecule has 3 heterocycles. The van der Waals surface area contributed by atoms with Crippen LogP contribution in [0, 0.1) is 12.8 Å². The Bertz CT molecular complexity index is 814. The van der Waals surface area contributed by atoms with E-state index in [-0.39, 0.29) is 18.4 Å². The molecule has 2 N–H and O–H groups in total. The van der Waals surface area contributed by atoms with Crippen molar-refractivity contribution >= 4 is 28.6 Å². The largest absolute Gasteiger partial charge is 0.462 e. The molecule has 0 bridgehead atoms. The van der Waals surface area contributed by atoms with Crippen LogP contribution in [0.4, 0.5) is 5.69 Å². The zero-order chi connectivity index (χ0) is 17.4. The highest BCUT2D eigenvalue weighted by atomic mass is 16.5. The molecule has 2 aromatic rings. The van der Waals surface area contributed by atoms with Gasteiger partial charge in [0.1, 0.15) is 5.56 Å². The topological polar surface area (TPSA) is 103 Å². The van der Waals surface area contributed by atoms with E-state index in [0.717, 1.165) is 16.8 Å². The Kier molecular flexibility index (Phi) is 4.13. The van der Waals surface area contributed by atoms with Gasteiger partial charge in [-0.2, -0.15) is 5.10 Å². The number of amides is 1. The first-order valence-corrected chi connectivity index (χ1v) is 7.97. The van der Waals surface area contributed by atoms with Crippen LogP contribution in [0.15, 0.2) is 6.20 Å². The summed E-state index contributed by atoms with van der Waals surface area (Å²) in [7, 11) is 1.81. The Labute approximate surface area is 139 Å². The predicted molar refractivity (Wildman–Crippen MR) is 88.7 cm³/mol. The highest BCUT2D eigenvalue weighted by Crippen LogP contribution is 2.35. The predicted octanol–water partition coefficient (Wildman–Crippen LogP) is 0.765. The van der Waals surface area contributed by atoms with Crippen molar-refractivity contribution in [2.45, 2.75) is 20.3 Å². The minimum Gasteiger partial charge on any atom is -0.462 e. The summed E-state index contributed by atoms with van der Waals surface area (Å²) in [6, 6.07) is 0. The van der Waals surface area contributed by atoms with Crippen molar-refractivity contribution in [1.29, 1.82) is 0 Å². The zero-order valence-electron chi connectivity index (χ0n) is 14.1. The van der Waals surface area contributed by atoms with Crippen LogP contribution in [0.2, 0.25) is 0 Å². The molecule has 1 atom stereocenters. The van der Waals surface area contributed by atoms with Crippen LogP contribution >= 0.6 is 0 Å². The molecule has 0 radical (unpaired) electrons. The summed E-state index contributed by atoms with van der Waals surface area (Å²) in [5.41, 5.74) is 8.04. The van der Waals surface area contributed by atoms with Crippen molar-refractivity contribution in [3.63, 3.8) is 0 Å². The van der Waals surface area contributed by atoms with Crippen LogP contribution in [0.3, 0.4) is 0 Å². The number of hydrogen-bond donors (Lipinski definition) is 1. The number of hydrogen-bond acceptors (Lipinski definition) is 6. The number of carbonyl (C=O) groups excluding carboxylic acids is 2. The zero-order valence-corrected chi connectivity index (χ0v) is 14.1. The Morgan fingerprint density at radius 2 is 2.21 bits per heavy atom. The summed E-state index contributed by atoms with van der Waals surface area (Å²) in [4.78, 5) is 30.3. The molecule has 1 unspecified atom stereocenters. The van der Waals surface area contributed by atoms with Crippen LogP contribution in [0.1, 0.15) is 29.4 Å². The molecule has 8 nitrogen and oxygen atoms in total. The number of carbonyl (C=O) groups is 2. The van der Waals surface area contributed by atoms with E-state index >= 15 is 0 Å². The first-order chi connectivity index (χ1) is 11.4. The third kappa shape index (κ3) is 2.57. The molecule has 1 aliphatic rings. The monoisotopic (exact) mass is 331 g/mol. The van der Waals surface area contributed by atoms with Gasteiger partial charge < -0.3 is 15.4 Å². The first kappa shape index (κ1) is 16.2. The van der Waals surface area contributed by atoms with Crippen LogP contribution < -0.4 is 10.6 Å². The van der Waals surface area contributed by atoms with Gasteiger partial charge in [0.15, 0.2) is 5.65 Å². The van der Waals surface area contributed by atoms with E-state index in [2.05, 4.69) is 10.1 Å². The normalized spacial score (nSPS) is 17.5. The summed E-state index contributed by atoms with van der Waals surface area (Å²) >= 11 is 0. The number of aryl methyl sites for hydroxylation is 2. The maximum atomic E-state index is 12.4. The number of pyridine rings is 1. The van der Waals surface area contributed by atoms with Gasteiger partial charge in [0.25, 0.3) is 0 Å². The molecule has 3 rings (SSSR count). The van der Waals surface area contributed by atoms with E-state index in [4.69, 9.17) is 10.5 Å². The van der Waals surface area contributed by atoms with Crippen LogP contribution in [-0.2, 0) is 16.6 Å². The number of primary amides is 1. The molecule has 0 aromatic carbocycles. The summed E-state index contributed by atoms with van der Waals surface area (Å²) in [6.07, 6.45) is 2.19. The lowest BCUT2D eigenvalue weighted by Crippen LogP contribution is -2.28. The first-order valence-electron chi connectivity index (χ1n) is 7.97. The maximum absolute atomic E-state index is 12.4. The van der Waals surface area contributed by atoms with Gasteiger partial charge >= 0.3 is 5.97 Å². The van der Waals surface area contributed by atoms with Gasteiger partial charge in [-0.25, -0.2) is 9.78 Å². The lowest BCUT2D eigenvalue weighted by Gasteiger charge is -2.22. The molecule has 1 fully saturated rings. The molecular formula is C16H21N5O3. The van der Waals surface area contributed by atoms with Gasteiger partial charge in [0.05, 0.1) is 29.3 Å². The number of anilines is 1. The third-order valence-corrected chi connectivity index (χ3v) is 4.40. The minimum absolute atomic E-state index is 0.222. The van der Waals surface area contributed by atoms with Crippen molar-refractivity contribution in [1.82, 2.24) is 14.8 Å². The fraction of sp³-hybridized carbons (Fsp3) is 0.500. The lowest BCUT2D eigenvalue weighted by atomic mass is 10.1. The quantitative estimate of drug-likeness (QED) is 0.830. The van der Waals surface area contributed by atoms with E-state index < -0.39 is 5.97 Å². The van der Waals surface area contributed by atoms with E-state index in [1.54, 1.807) is 11.6 Å². The fourth-order valence-electron chi connectivity index (χ4n) is 3.28. The molecule has 128 valence electrons. The van der Waals surface area contributed by atoms with Crippen molar-refractivity contribution < 1.29 is 14.3 Å². The summed E-state index contributed by atoms with van der Waals surface area (Å²) in [5.74, 6) is -0.962. The van der Waals surface area contributed by atoms with Gasteiger partial charge in [-0.15, -0.1) is 0 Å². The van der Waals surface area contributed by atoms with Crippen molar-refractivity contribution in [3.05, 3.63) is 17.5 Å². The second-order valence-corrected chi connectivity index (χ2v) is 5.98. The third-order valence-electron chi connectivity index (χ3n) is 4.40. The maximum Gasteiger partial charge on any atom is 0.341 e. The standard InChI is InChI=1S/C16H21N5O3/c1-4-24-16(23)11-7-18-15-12(9(2)19-20(15)3)13(11)21-6-5-10(8-21)14(17)22/h7,10H,4-6,8H2,1-3H3,(H2,17,22). The number of nitrogens with zero attached hydrogens (tertiary/aromatic N) is 4. The smallest absolute Gasteiger partial charge is 0.341 e. The van der Waals surface area contributed by atoms with Gasteiger partial charge in [-0.3, -0.25) is 9.48 Å². The number of nitrogens with two attached hydrogens (primary N) is 1. The lowest BCUT2D eigenvalue weighted by molar-refractivity contribution is -0.121. The van der Waals surface area contributed by atoms with E-state index in [1.165, 1.54) is 6.20 Å². The molecule has 8 heteroatoms. The molecule has 0 saturated carbocycles. The molecule has 0 aliphatic carbocycles. The Balaban J connectivity index is 2.16. The highest BCUT2D eigenvalue weighted by molar-refractivity contribution is 6.05. The Hall–Kier alpha value is -2.64. The molecule has 1 aliphatic heterocycles. The molecule has 1 amide bonds. The van der Waals surface area contributed by atoms with Gasteiger partial charge in [0, 0.05) is 26.3 Å². The molecular weight excluding hydrogens is 310 g/mol. The van der Waals surface area contributed by atoms with Crippen LogP contribution in [0.25, 0.3) is 11.0 Å². The fourth-order valence-corrected chi connectivity index (χ4v) is 3.28. The van der Waals surface area contributed by atoms with Crippen LogP contribution in [0.5, 0.6) is 0 Å². The van der Waals surface area contributed by atoms with Gasteiger partial charge in [-0.05, 0) is 20.3 Å².